The molecule has 0 amide bonds. The summed E-state index contributed by atoms with van der Waals surface area (Å²) in [4.78, 5) is 38.5. The third-order valence-corrected chi connectivity index (χ3v) is 16.7. The summed E-state index contributed by atoms with van der Waals surface area (Å²) in [6, 6.07) is 0. The fourth-order valence-corrected chi connectivity index (χ4v) is 11.2. The van der Waals surface area contributed by atoms with E-state index in [1.807, 2.05) is 0 Å². The molecule has 0 aliphatic heterocycles. The highest BCUT2D eigenvalue weighted by Crippen LogP contribution is 2.19. The van der Waals surface area contributed by atoms with Gasteiger partial charge in [0.25, 0.3) is 0 Å². The van der Waals surface area contributed by atoms with Crippen molar-refractivity contribution < 1.29 is 28.6 Å². The molecule has 0 aromatic carbocycles. The van der Waals surface area contributed by atoms with E-state index in [0.717, 1.165) is 70.6 Å². The molecule has 80 heavy (non-hydrogen) atoms. The fraction of sp³-hybridized carbons (Fsp3) is 0.905. The maximum Gasteiger partial charge on any atom is 0.306 e. The molecule has 1 atom stereocenters. The fourth-order valence-electron chi connectivity index (χ4n) is 11.2. The third kappa shape index (κ3) is 66.7. The maximum atomic E-state index is 13.0. The molecule has 0 aliphatic carbocycles. The Kier molecular flexibility index (Phi) is 67.6. The van der Waals surface area contributed by atoms with Crippen LogP contribution in [0.5, 0.6) is 0 Å². The normalized spacial score (nSPS) is 12.1. The van der Waals surface area contributed by atoms with Crippen LogP contribution in [0.4, 0.5) is 0 Å². The summed E-state index contributed by atoms with van der Waals surface area (Å²) in [5.74, 6) is -0.840. The third-order valence-electron chi connectivity index (χ3n) is 16.7. The number of rotatable bonds is 68. The molecule has 6 nitrogen and oxygen atoms in total. The van der Waals surface area contributed by atoms with Crippen molar-refractivity contribution >= 4 is 17.9 Å². The zero-order valence-corrected chi connectivity index (χ0v) is 54.4. The number of hydrogen-bond donors (Lipinski definition) is 0. The van der Waals surface area contributed by atoms with E-state index in [9.17, 15) is 14.4 Å². The van der Waals surface area contributed by atoms with Gasteiger partial charge in [0.1, 0.15) is 13.2 Å². The van der Waals surface area contributed by atoms with Crippen LogP contribution in [-0.4, -0.2) is 37.2 Å². The summed E-state index contributed by atoms with van der Waals surface area (Å²) in [5.41, 5.74) is 0. The van der Waals surface area contributed by atoms with Crippen molar-refractivity contribution in [3.63, 3.8) is 0 Å². The van der Waals surface area contributed by atoms with Gasteiger partial charge in [-0.15, -0.1) is 0 Å². The van der Waals surface area contributed by atoms with Crippen molar-refractivity contribution in [2.75, 3.05) is 13.2 Å². The highest BCUT2D eigenvalue weighted by Gasteiger charge is 2.19. The molecule has 0 N–H and O–H groups in total. The highest BCUT2D eigenvalue weighted by molar-refractivity contribution is 5.71. The van der Waals surface area contributed by atoms with E-state index in [-0.39, 0.29) is 31.1 Å². The molecule has 0 bridgehead atoms. The van der Waals surface area contributed by atoms with E-state index in [0.29, 0.717) is 19.3 Å². The summed E-state index contributed by atoms with van der Waals surface area (Å²) >= 11 is 0. The van der Waals surface area contributed by atoms with Crippen LogP contribution in [0.2, 0.25) is 0 Å². The van der Waals surface area contributed by atoms with E-state index in [1.54, 1.807) is 0 Å². The minimum absolute atomic E-state index is 0.0670. The second-order valence-corrected chi connectivity index (χ2v) is 24.9. The smallest absolute Gasteiger partial charge is 0.306 e. The number of hydrogen-bond acceptors (Lipinski definition) is 6. The molecule has 472 valence electrons. The molecule has 0 aromatic rings. The Morgan fingerprint density at radius 3 is 0.713 bits per heavy atom. The average molecular weight is 1130 g/mol. The second kappa shape index (κ2) is 69.4. The van der Waals surface area contributed by atoms with Gasteiger partial charge in [-0.2, -0.15) is 0 Å². The van der Waals surface area contributed by atoms with Crippen molar-refractivity contribution in [2.24, 2.45) is 0 Å². The van der Waals surface area contributed by atoms with E-state index in [2.05, 4.69) is 45.1 Å². The Morgan fingerprint density at radius 1 is 0.250 bits per heavy atom. The van der Waals surface area contributed by atoms with Gasteiger partial charge in [-0.25, -0.2) is 0 Å². The Morgan fingerprint density at radius 2 is 0.450 bits per heavy atom. The van der Waals surface area contributed by atoms with Gasteiger partial charge in [0.05, 0.1) is 0 Å². The zero-order valence-electron chi connectivity index (χ0n) is 54.4. The van der Waals surface area contributed by atoms with Gasteiger partial charge in [0.2, 0.25) is 0 Å². The first-order valence-corrected chi connectivity index (χ1v) is 36.3. The number of unbranched alkanes of at least 4 members (excludes halogenated alkanes) is 53. The molecule has 0 saturated carbocycles. The van der Waals surface area contributed by atoms with Crippen LogP contribution in [0.3, 0.4) is 0 Å². The summed E-state index contributed by atoms with van der Waals surface area (Å²) in [5, 5.41) is 0. The standard InChI is InChI=1S/C74H140O6/c1-4-7-10-13-16-19-22-25-28-31-33-34-35-36-37-38-39-40-41-44-46-49-52-55-58-61-64-67-73(76)79-70-71(69-78-72(75)66-63-60-57-54-51-48-45-42-30-27-24-21-18-15-12-9-6-3)80-74(77)68-65-62-59-56-53-50-47-43-32-29-26-23-20-17-14-11-8-5-2/h18,21,27,30,71H,4-17,19-20,22-26,28-29,31-70H2,1-3H3/b21-18-,30-27-. The van der Waals surface area contributed by atoms with Crippen LogP contribution in [0.25, 0.3) is 0 Å². The predicted molar refractivity (Wildman–Crippen MR) is 349 cm³/mol. The van der Waals surface area contributed by atoms with Gasteiger partial charge in [0, 0.05) is 19.3 Å². The zero-order chi connectivity index (χ0) is 57.8. The summed E-state index contributed by atoms with van der Waals surface area (Å²) in [6.07, 6.45) is 85.0. The molecule has 0 saturated heterocycles. The number of allylic oxidation sites excluding steroid dienone is 4. The quantitative estimate of drug-likeness (QED) is 0.0261. The van der Waals surface area contributed by atoms with Crippen LogP contribution in [0, 0.1) is 0 Å². The first-order valence-electron chi connectivity index (χ1n) is 36.3. The lowest BCUT2D eigenvalue weighted by Gasteiger charge is -2.18. The van der Waals surface area contributed by atoms with Crippen LogP contribution in [0.1, 0.15) is 412 Å². The summed E-state index contributed by atoms with van der Waals surface area (Å²) in [7, 11) is 0. The number of carbonyl (C=O) groups is 3. The Balaban J connectivity index is 4.23. The molecule has 6 heteroatoms. The minimum atomic E-state index is -0.772. The monoisotopic (exact) mass is 1130 g/mol. The largest absolute Gasteiger partial charge is 0.462 e. The Labute approximate surface area is 500 Å². The molecule has 0 aliphatic rings. The lowest BCUT2D eigenvalue weighted by molar-refractivity contribution is -0.167. The summed E-state index contributed by atoms with van der Waals surface area (Å²) < 4.78 is 17.0. The maximum absolute atomic E-state index is 13.0. The van der Waals surface area contributed by atoms with Gasteiger partial charge < -0.3 is 14.2 Å². The van der Waals surface area contributed by atoms with Crippen molar-refractivity contribution in [2.45, 2.75) is 419 Å². The molecular formula is C74H140O6. The summed E-state index contributed by atoms with van der Waals surface area (Å²) in [6.45, 7) is 6.70. The van der Waals surface area contributed by atoms with Gasteiger partial charge >= 0.3 is 17.9 Å². The molecule has 0 aromatic heterocycles. The highest BCUT2D eigenvalue weighted by atomic mass is 16.6. The molecule has 0 heterocycles. The van der Waals surface area contributed by atoms with Crippen molar-refractivity contribution in [1.29, 1.82) is 0 Å². The molecule has 1 unspecified atom stereocenters. The predicted octanol–water partition coefficient (Wildman–Crippen LogP) is 25.0. The molecule has 0 spiro atoms. The molecule has 0 radical (unpaired) electrons. The van der Waals surface area contributed by atoms with Crippen molar-refractivity contribution in [1.82, 2.24) is 0 Å². The molecule has 0 rings (SSSR count). The van der Waals surface area contributed by atoms with Gasteiger partial charge in [-0.05, 0) is 51.4 Å². The van der Waals surface area contributed by atoms with Crippen LogP contribution in [-0.2, 0) is 28.6 Å². The number of esters is 3. The molecular weight excluding hydrogens is 985 g/mol. The first-order chi connectivity index (χ1) is 39.5. The number of ether oxygens (including phenoxy) is 3. The van der Waals surface area contributed by atoms with E-state index >= 15 is 0 Å². The second-order valence-electron chi connectivity index (χ2n) is 24.9. The van der Waals surface area contributed by atoms with Gasteiger partial charge in [-0.3, -0.25) is 14.4 Å². The lowest BCUT2D eigenvalue weighted by atomic mass is 10.0. The van der Waals surface area contributed by atoms with Crippen LogP contribution < -0.4 is 0 Å². The van der Waals surface area contributed by atoms with Crippen LogP contribution >= 0.6 is 0 Å². The SMILES string of the molecule is CCCCC/C=C\C/C=C\CCCCCCCCCC(=O)OCC(COC(=O)CCCCCCCCCCCCCCCCCCCCCCCCCCCCC)OC(=O)CCCCCCCCCCCCCCCCCCCC. The van der Waals surface area contributed by atoms with E-state index < -0.39 is 6.10 Å². The van der Waals surface area contributed by atoms with Crippen molar-refractivity contribution in [3.8, 4) is 0 Å². The molecule has 0 fully saturated rings. The minimum Gasteiger partial charge on any atom is -0.462 e. The van der Waals surface area contributed by atoms with E-state index in [1.165, 1.54) is 302 Å². The number of carbonyl (C=O) groups excluding carboxylic acids is 3. The van der Waals surface area contributed by atoms with E-state index in [4.69, 9.17) is 14.2 Å². The topological polar surface area (TPSA) is 78.9 Å². The van der Waals surface area contributed by atoms with Gasteiger partial charge in [0.15, 0.2) is 6.10 Å². The average Bonchev–Trinajstić information content (AvgIpc) is 3.46. The Bertz CT molecular complexity index is 1290. The lowest BCUT2D eigenvalue weighted by Crippen LogP contribution is -2.30. The first kappa shape index (κ1) is 77.9. The van der Waals surface area contributed by atoms with Gasteiger partial charge in [-0.1, -0.05) is 366 Å². The Hall–Kier alpha value is -2.11. The van der Waals surface area contributed by atoms with Crippen LogP contribution in [0.15, 0.2) is 24.3 Å². The van der Waals surface area contributed by atoms with Crippen molar-refractivity contribution in [3.05, 3.63) is 24.3 Å².